The molecule has 0 spiro atoms. The lowest BCUT2D eigenvalue weighted by molar-refractivity contribution is -0.144. The maximum Gasteiger partial charge on any atom is 0.333 e. The molecule has 2 rings (SSSR count). The van der Waals surface area contributed by atoms with Crippen LogP contribution in [0.25, 0.3) is 0 Å². The van der Waals surface area contributed by atoms with Crippen molar-refractivity contribution in [2.24, 2.45) is 0 Å². The number of para-hydroxylation sites is 1. The molecule has 1 unspecified atom stereocenters. The Balaban J connectivity index is 2.35. The quantitative estimate of drug-likeness (QED) is 0.707. The summed E-state index contributed by atoms with van der Waals surface area (Å²) in [4.78, 5) is 12.3. The van der Waals surface area contributed by atoms with E-state index in [4.69, 9.17) is 4.74 Å². The van der Waals surface area contributed by atoms with Gasteiger partial charge in [0, 0.05) is 8.95 Å². The fourth-order valence-corrected chi connectivity index (χ4v) is 3.16. The number of benzene rings is 2. The average molecular weight is 413 g/mol. The molecule has 0 saturated heterocycles. The molecule has 5 heteroatoms. The predicted octanol–water partition coefficient (Wildman–Crippen LogP) is 4.93. The zero-order chi connectivity index (χ0) is 15.2. The van der Waals surface area contributed by atoms with Crippen LogP contribution in [0.4, 0.5) is 5.69 Å². The van der Waals surface area contributed by atoms with Gasteiger partial charge in [-0.05, 0) is 56.5 Å². The number of anilines is 1. The van der Waals surface area contributed by atoms with Gasteiger partial charge < -0.3 is 10.1 Å². The Morgan fingerprint density at radius 3 is 2.29 bits per heavy atom. The van der Waals surface area contributed by atoms with Crippen molar-refractivity contribution in [2.45, 2.75) is 13.0 Å². The van der Waals surface area contributed by atoms with Crippen molar-refractivity contribution in [3.63, 3.8) is 0 Å². The average Bonchev–Trinajstić information content (AvgIpc) is 2.48. The first kappa shape index (κ1) is 16.0. The van der Waals surface area contributed by atoms with Crippen LogP contribution >= 0.6 is 31.9 Å². The van der Waals surface area contributed by atoms with Gasteiger partial charge in [-0.3, -0.25) is 0 Å². The van der Waals surface area contributed by atoms with Gasteiger partial charge in [0.2, 0.25) is 0 Å². The number of hydrogen-bond donors (Lipinski definition) is 1. The zero-order valence-corrected chi connectivity index (χ0v) is 14.6. The van der Waals surface area contributed by atoms with E-state index in [0.29, 0.717) is 6.61 Å². The van der Waals surface area contributed by atoms with E-state index >= 15 is 0 Å². The summed E-state index contributed by atoms with van der Waals surface area (Å²) in [5.74, 6) is -0.300. The fraction of sp³-hybridized carbons (Fsp3) is 0.188. The van der Waals surface area contributed by atoms with E-state index in [1.54, 1.807) is 6.92 Å². The Kier molecular flexibility index (Phi) is 5.82. The third-order valence-electron chi connectivity index (χ3n) is 2.91. The summed E-state index contributed by atoms with van der Waals surface area (Å²) in [5.41, 5.74) is 1.68. The van der Waals surface area contributed by atoms with Crippen LogP contribution < -0.4 is 5.32 Å². The molecular weight excluding hydrogens is 398 g/mol. The molecule has 0 heterocycles. The third-order valence-corrected chi connectivity index (χ3v) is 4.23. The van der Waals surface area contributed by atoms with Gasteiger partial charge in [0.05, 0.1) is 12.3 Å². The van der Waals surface area contributed by atoms with Crippen molar-refractivity contribution in [2.75, 3.05) is 11.9 Å². The highest BCUT2D eigenvalue weighted by atomic mass is 79.9. The Bertz CT molecular complexity index is 597. The smallest absolute Gasteiger partial charge is 0.333 e. The second-order valence-corrected chi connectivity index (χ2v) is 6.05. The molecule has 2 aromatic carbocycles. The van der Waals surface area contributed by atoms with Gasteiger partial charge >= 0.3 is 5.97 Å². The number of nitrogens with one attached hydrogen (secondary N) is 1. The summed E-state index contributed by atoms with van der Waals surface area (Å²) in [6.07, 6.45) is 0. The van der Waals surface area contributed by atoms with Crippen molar-refractivity contribution in [3.8, 4) is 0 Å². The predicted molar refractivity (Wildman–Crippen MR) is 91.3 cm³/mol. The topological polar surface area (TPSA) is 38.3 Å². The van der Waals surface area contributed by atoms with Crippen molar-refractivity contribution >= 4 is 43.5 Å². The molecule has 110 valence electrons. The molecular formula is C16H15Br2NO2. The van der Waals surface area contributed by atoms with E-state index in [1.165, 1.54) is 0 Å². The highest BCUT2D eigenvalue weighted by molar-refractivity contribution is 9.11. The van der Waals surface area contributed by atoms with Crippen molar-refractivity contribution in [1.82, 2.24) is 0 Å². The normalized spacial score (nSPS) is 11.8. The Hall–Kier alpha value is -1.33. The minimum absolute atomic E-state index is 0.300. The summed E-state index contributed by atoms with van der Waals surface area (Å²) in [5, 5.41) is 3.25. The number of ether oxygens (including phenoxy) is 1. The van der Waals surface area contributed by atoms with Crippen LogP contribution in [0.1, 0.15) is 18.5 Å². The van der Waals surface area contributed by atoms with E-state index in [0.717, 1.165) is 20.2 Å². The number of carbonyl (C=O) groups excluding carboxylic acids is 1. The maximum atomic E-state index is 12.3. The lowest BCUT2D eigenvalue weighted by Crippen LogP contribution is -2.23. The molecule has 1 atom stereocenters. The van der Waals surface area contributed by atoms with Gasteiger partial charge in [-0.1, -0.05) is 36.4 Å². The monoisotopic (exact) mass is 411 g/mol. The van der Waals surface area contributed by atoms with E-state index in [-0.39, 0.29) is 5.97 Å². The van der Waals surface area contributed by atoms with Gasteiger partial charge in [0.15, 0.2) is 6.04 Å². The summed E-state index contributed by atoms with van der Waals surface area (Å²) in [7, 11) is 0. The maximum absolute atomic E-state index is 12.3. The summed E-state index contributed by atoms with van der Waals surface area (Å²) >= 11 is 6.98. The van der Waals surface area contributed by atoms with Crippen LogP contribution in [-0.4, -0.2) is 12.6 Å². The SMILES string of the molecule is CCOC(=O)C(Nc1c(Br)cccc1Br)c1ccccc1. The van der Waals surface area contributed by atoms with Crippen LogP contribution in [0.3, 0.4) is 0 Å². The first-order chi connectivity index (χ1) is 10.1. The van der Waals surface area contributed by atoms with Gasteiger partial charge in [0.1, 0.15) is 0 Å². The van der Waals surface area contributed by atoms with Crippen molar-refractivity contribution in [1.29, 1.82) is 0 Å². The highest BCUT2D eigenvalue weighted by Crippen LogP contribution is 2.33. The van der Waals surface area contributed by atoms with Crippen LogP contribution in [0, 0.1) is 0 Å². The molecule has 0 fully saturated rings. The van der Waals surface area contributed by atoms with Gasteiger partial charge in [-0.25, -0.2) is 4.79 Å². The molecule has 0 saturated carbocycles. The Morgan fingerprint density at radius 1 is 1.10 bits per heavy atom. The molecule has 21 heavy (non-hydrogen) atoms. The Labute approximate surface area is 141 Å². The molecule has 2 aromatic rings. The molecule has 0 radical (unpaired) electrons. The summed E-state index contributed by atoms with van der Waals surface area (Å²) < 4.78 is 6.93. The zero-order valence-electron chi connectivity index (χ0n) is 11.5. The molecule has 0 aliphatic heterocycles. The van der Waals surface area contributed by atoms with E-state index in [1.807, 2.05) is 48.5 Å². The standard InChI is InChI=1S/C16H15Br2NO2/c1-2-21-16(20)14(11-7-4-3-5-8-11)19-15-12(17)9-6-10-13(15)18/h3-10,14,19H,2H2,1H3. The van der Waals surface area contributed by atoms with Crippen molar-refractivity contribution in [3.05, 3.63) is 63.0 Å². The minimum Gasteiger partial charge on any atom is -0.464 e. The highest BCUT2D eigenvalue weighted by Gasteiger charge is 2.23. The molecule has 0 aliphatic carbocycles. The number of rotatable bonds is 5. The van der Waals surface area contributed by atoms with E-state index < -0.39 is 6.04 Å². The van der Waals surface area contributed by atoms with Crippen LogP contribution in [-0.2, 0) is 9.53 Å². The van der Waals surface area contributed by atoms with Gasteiger partial charge in [0.25, 0.3) is 0 Å². The lowest BCUT2D eigenvalue weighted by atomic mass is 10.1. The molecule has 0 aromatic heterocycles. The van der Waals surface area contributed by atoms with E-state index in [2.05, 4.69) is 37.2 Å². The van der Waals surface area contributed by atoms with Crippen LogP contribution in [0.5, 0.6) is 0 Å². The first-order valence-corrected chi connectivity index (χ1v) is 8.14. The second-order valence-electron chi connectivity index (χ2n) is 4.34. The number of hydrogen-bond acceptors (Lipinski definition) is 3. The second kappa shape index (κ2) is 7.61. The lowest BCUT2D eigenvalue weighted by Gasteiger charge is -2.20. The van der Waals surface area contributed by atoms with Crippen LogP contribution in [0.15, 0.2) is 57.5 Å². The molecule has 3 nitrogen and oxygen atoms in total. The third kappa shape index (κ3) is 4.08. The van der Waals surface area contributed by atoms with Gasteiger partial charge in [-0.15, -0.1) is 0 Å². The number of carbonyl (C=O) groups is 1. The minimum atomic E-state index is -0.554. The molecule has 0 bridgehead atoms. The summed E-state index contributed by atoms with van der Waals surface area (Å²) in [6.45, 7) is 2.15. The van der Waals surface area contributed by atoms with Gasteiger partial charge in [-0.2, -0.15) is 0 Å². The number of halogens is 2. The molecule has 0 amide bonds. The number of esters is 1. The molecule has 0 aliphatic rings. The largest absolute Gasteiger partial charge is 0.464 e. The first-order valence-electron chi connectivity index (χ1n) is 6.55. The van der Waals surface area contributed by atoms with Crippen LogP contribution in [0.2, 0.25) is 0 Å². The van der Waals surface area contributed by atoms with E-state index in [9.17, 15) is 4.79 Å². The summed E-state index contributed by atoms with van der Waals surface area (Å²) in [6, 6.07) is 14.7. The Morgan fingerprint density at radius 2 is 1.71 bits per heavy atom. The van der Waals surface area contributed by atoms with Crippen molar-refractivity contribution < 1.29 is 9.53 Å². The fourth-order valence-electron chi connectivity index (χ4n) is 1.93. The molecule has 1 N–H and O–H groups in total.